The summed E-state index contributed by atoms with van der Waals surface area (Å²) in [6, 6.07) is 17.0. The molecule has 2 aromatic rings. The first kappa shape index (κ1) is 16.4. The summed E-state index contributed by atoms with van der Waals surface area (Å²) in [4.78, 5) is 26.8. The molecule has 1 aliphatic heterocycles. The second-order valence-corrected chi connectivity index (χ2v) is 6.16. The van der Waals surface area contributed by atoms with Crippen molar-refractivity contribution in [2.75, 3.05) is 0 Å². The lowest BCUT2D eigenvalue weighted by atomic mass is 10.0. The van der Waals surface area contributed by atoms with E-state index in [0.29, 0.717) is 24.1 Å². The summed E-state index contributed by atoms with van der Waals surface area (Å²) in [6.45, 7) is 4.75. The van der Waals surface area contributed by atoms with Crippen LogP contribution in [-0.2, 0) is 6.54 Å². The number of hydrogen-bond acceptors (Lipinski definition) is 3. The van der Waals surface area contributed by atoms with E-state index in [2.05, 4.69) is 17.4 Å². The van der Waals surface area contributed by atoms with Crippen LogP contribution in [0.25, 0.3) is 0 Å². The number of carbonyl (C=O) groups excluding carboxylic acids is 2. The number of nitrogens with zero attached hydrogens (tertiary/aromatic N) is 1. The number of carbonyl (C=O) groups is 2. The Morgan fingerprint density at radius 1 is 0.917 bits per heavy atom. The Kier molecular flexibility index (Phi) is 4.76. The molecule has 2 amide bonds. The van der Waals surface area contributed by atoms with Gasteiger partial charge in [-0.3, -0.25) is 14.5 Å². The summed E-state index contributed by atoms with van der Waals surface area (Å²) in [5, 5.41) is 3.45. The highest BCUT2D eigenvalue weighted by atomic mass is 16.2. The van der Waals surface area contributed by atoms with Crippen molar-refractivity contribution in [2.24, 2.45) is 0 Å². The van der Waals surface area contributed by atoms with Crippen LogP contribution in [0.15, 0.2) is 54.6 Å². The molecule has 2 atom stereocenters. The third-order valence-corrected chi connectivity index (χ3v) is 4.62. The molecule has 0 saturated heterocycles. The smallest absolute Gasteiger partial charge is 0.261 e. The van der Waals surface area contributed by atoms with Crippen LogP contribution in [0.1, 0.15) is 46.5 Å². The van der Waals surface area contributed by atoms with Gasteiger partial charge in [-0.1, -0.05) is 49.4 Å². The maximum atomic E-state index is 12.7. The van der Waals surface area contributed by atoms with Crippen LogP contribution in [0.4, 0.5) is 0 Å². The van der Waals surface area contributed by atoms with E-state index >= 15 is 0 Å². The zero-order valence-corrected chi connectivity index (χ0v) is 14.0. The zero-order valence-electron chi connectivity index (χ0n) is 14.0. The fourth-order valence-corrected chi connectivity index (χ4v) is 3.28. The molecule has 0 aliphatic carbocycles. The number of nitrogens with one attached hydrogen (secondary N) is 1. The van der Waals surface area contributed by atoms with Crippen molar-refractivity contribution < 1.29 is 9.59 Å². The average Bonchev–Trinajstić information content (AvgIpc) is 2.87. The number of imide groups is 1. The van der Waals surface area contributed by atoms with Gasteiger partial charge in [0.2, 0.25) is 0 Å². The van der Waals surface area contributed by atoms with Gasteiger partial charge in [0.1, 0.15) is 0 Å². The summed E-state index contributed by atoms with van der Waals surface area (Å²) in [6.07, 6.45) is 0.717. The first-order valence-electron chi connectivity index (χ1n) is 8.37. The van der Waals surface area contributed by atoms with E-state index < -0.39 is 0 Å². The minimum atomic E-state index is -0.184. The van der Waals surface area contributed by atoms with Gasteiger partial charge in [0.05, 0.1) is 17.2 Å². The van der Waals surface area contributed by atoms with Gasteiger partial charge >= 0.3 is 0 Å². The monoisotopic (exact) mass is 322 g/mol. The first-order valence-corrected chi connectivity index (χ1v) is 8.37. The molecule has 4 heteroatoms. The van der Waals surface area contributed by atoms with Crippen molar-refractivity contribution in [2.45, 2.75) is 38.9 Å². The van der Waals surface area contributed by atoms with Crippen molar-refractivity contribution in [3.63, 3.8) is 0 Å². The topological polar surface area (TPSA) is 49.4 Å². The molecule has 0 spiro atoms. The molecule has 24 heavy (non-hydrogen) atoms. The lowest BCUT2D eigenvalue weighted by Gasteiger charge is -2.31. The molecule has 2 unspecified atom stereocenters. The van der Waals surface area contributed by atoms with E-state index in [4.69, 9.17) is 0 Å². The average molecular weight is 322 g/mol. The van der Waals surface area contributed by atoms with Gasteiger partial charge in [0.15, 0.2) is 0 Å². The van der Waals surface area contributed by atoms with Gasteiger partial charge in [-0.2, -0.15) is 0 Å². The molecule has 0 aromatic heterocycles. The van der Waals surface area contributed by atoms with Crippen LogP contribution in [0.5, 0.6) is 0 Å². The quantitative estimate of drug-likeness (QED) is 0.831. The second kappa shape index (κ2) is 6.97. The van der Waals surface area contributed by atoms with Crippen molar-refractivity contribution in [3.05, 3.63) is 71.3 Å². The van der Waals surface area contributed by atoms with Crippen LogP contribution in [0, 0.1) is 0 Å². The number of fused-ring (bicyclic) bond motifs is 1. The Balaban J connectivity index is 1.74. The molecule has 0 saturated carbocycles. The Labute approximate surface area is 142 Å². The summed E-state index contributed by atoms with van der Waals surface area (Å²) in [5.41, 5.74) is 2.20. The van der Waals surface area contributed by atoms with Crippen molar-refractivity contribution in [3.8, 4) is 0 Å². The fourth-order valence-electron chi connectivity index (χ4n) is 3.28. The van der Waals surface area contributed by atoms with Crippen molar-refractivity contribution >= 4 is 11.8 Å². The maximum absolute atomic E-state index is 12.7. The summed E-state index contributed by atoms with van der Waals surface area (Å²) < 4.78 is 0. The predicted octanol–water partition coefficient (Wildman–Crippen LogP) is 3.24. The molecule has 1 aliphatic rings. The zero-order chi connectivity index (χ0) is 17.1. The van der Waals surface area contributed by atoms with E-state index in [1.54, 1.807) is 24.3 Å². The Hall–Kier alpha value is -2.46. The largest absolute Gasteiger partial charge is 0.308 e. The first-order chi connectivity index (χ1) is 11.6. The van der Waals surface area contributed by atoms with Crippen LogP contribution in [-0.4, -0.2) is 28.8 Å². The van der Waals surface area contributed by atoms with Gasteiger partial charge in [-0.15, -0.1) is 0 Å². The number of rotatable bonds is 6. The van der Waals surface area contributed by atoms with Crippen molar-refractivity contribution in [1.82, 2.24) is 10.2 Å². The molecule has 0 bridgehead atoms. The molecule has 0 fully saturated rings. The maximum Gasteiger partial charge on any atom is 0.261 e. The lowest BCUT2D eigenvalue weighted by Crippen LogP contribution is -2.50. The molecular formula is C20H22N2O2. The summed E-state index contributed by atoms with van der Waals surface area (Å²) in [7, 11) is 0. The molecule has 1 N–H and O–H groups in total. The van der Waals surface area contributed by atoms with E-state index in [1.165, 1.54) is 10.5 Å². The van der Waals surface area contributed by atoms with Crippen LogP contribution in [0.3, 0.4) is 0 Å². The van der Waals surface area contributed by atoms with E-state index in [-0.39, 0.29) is 23.9 Å². The Morgan fingerprint density at radius 3 is 2.00 bits per heavy atom. The van der Waals surface area contributed by atoms with Gasteiger partial charge in [-0.25, -0.2) is 0 Å². The molecule has 0 radical (unpaired) electrons. The predicted molar refractivity (Wildman–Crippen MR) is 93.8 cm³/mol. The number of hydrogen-bond donors (Lipinski definition) is 1. The molecule has 1 heterocycles. The van der Waals surface area contributed by atoms with Gasteiger partial charge in [0.25, 0.3) is 11.8 Å². The van der Waals surface area contributed by atoms with Gasteiger partial charge in [0, 0.05) is 12.6 Å². The Bertz CT molecular complexity index is 707. The van der Waals surface area contributed by atoms with Gasteiger partial charge < -0.3 is 5.32 Å². The summed E-state index contributed by atoms with van der Waals surface area (Å²) >= 11 is 0. The van der Waals surface area contributed by atoms with Crippen molar-refractivity contribution in [1.29, 1.82) is 0 Å². The number of benzene rings is 2. The second-order valence-electron chi connectivity index (χ2n) is 6.16. The van der Waals surface area contributed by atoms with Crippen LogP contribution >= 0.6 is 0 Å². The fraction of sp³-hybridized carbons (Fsp3) is 0.300. The van der Waals surface area contributed by atoms with Gasteiger partial charge in [-0.05, 0) is 31.0 Å². The van der Waals surface area contributed by atoms with E-state index in [9.17, 15) is 9.59 Å². The highest BCUT2D eigenvalue weighted by Crippen LogP contribution is 2.26. The van der Waals surface area contributed by atoms with E-state index in [1.807, 2.05) is 32.0 Å². The third-order valence-electron chi connectivity index (χ3n) is 4.62. The molecule has 3 rings (SSSR count). The van der Waals surface area contributed by atoms with Crippen LogP contribution < -0.4 is 5.32 Å². The molecule has 124 valence electrons. The molecule has 2 aromatic carbocycles. The minimum absolute atomic E-state index is 0.0115. The third kappa shape index (κ3) is 2.97. The van der Waals surface area contributed by atoms with E-state index in [0.717, 1.165) is 0 Å². The summed E-state index contributed by atoms with van der Waals surface area (Å²) in [5.74, 6) is -0.369. The van der Waals surface area contributed by atoms with Crippen LogP contribution in [0.2, 0.25) is 0 Å². The lowest BCUT2D eigenvalue weighted by molar-refractivity contribution is 0.0547. The SMILES string of the molecule is CCC(C(C)NCc1ccccc1)N1C(=O)c2ccccc2C1=O. The normalized spacial score (nSPS) is 16.2. The minimum Gasteiger partial charge on any atom is -0.308 e. The highest BCUT2D eigenvalue weighted by Gasteiger charge is 2.40. The standard InChI is InChI=1S/C20H22N2O2/c1-3-18(14(2)21-13-15-9-5-4-6-10-15)22-19(23)16-11-7-8-12-17(16)20(22)24/h4-12,14,18,21H,3,13H2,1-2H3. The highest BCUT2D eigenvalue weighted by molar-refractivity contribution is 6.21. The molecular weight excluding hydrogens is 300 g/mol. The number of amides is 2. The Morgan fingerprint density at radius 2 is 1.46 bits per heavy atom. The molecule has 4 nitrogen and oxygen atoms in total.